The highest BCUT2D eigenvalue weighted by Gasteiger charge is 2.18. The summed E-state index contributed by atoms with van der Waals surface area (Å²) in [4.78, 5) is 0. The molecule has 3 N–H and O–H groups in total. The first-order valence-corrected chi connectivity index (χ1v) is 8.03. The Morgan fingerprint density at radius 1 is 1.15 bits per heavy atom. The van der Waals surface area contributed by atoms with Crippen molar-refractivity contribution in [2.45, 2.75) is 6.04 Å². The highest BCUT2D eigenvalue weighted by atomic mass is 127. The van der Waals surface area contributed by atoms with Gasteiger partial charge in [0.15, 0.2) is 0 Å². The molecule has 0 bridgehead atoms. The van der Waals surface area contributed by atoms with Crippen molar-refractivity contribution in [3.8, 4) is 0 Å². The van der Waals surface area contributed by atoms with Crippen molar-refractivity contribution in [3.63, 3.8) is 0 Å². The molecule has 3 rings (SSSR count). The lowest BCUT2D eigenvalue weighted by Gasteiger charge is -2.19. The van der Waals surface area contributed by atoms with Gasteiger partial charge in [0.25, 0.3) is 0 Å². The molecule has 0 saturated heterocycles. The Morgan fingerprint density at radius 3 is 2.75 bits per heavy atom. The summed E-state index contributed by atoms with van der Waals surface area (Å²) < 4.78 is 15.3. The molecule has 0 fully saturated rings. The highest BCUT2D eigenvalue weighted by Crippen LogP contribution is 2.33. The molecule has 20 heavy (non-hydrogen) atoms. The fraction of sp³-hybridized carbons (Fsp3) is 0.0667. The van der Waals surface area contributed by atoms with Gasteiger partial charge < -0.3 is 0 Å². The van der Waals surface area contributed by atoms with Crippen LogP contribution < -0.4 is 11.3 Å². The number of hydrazine groups is 1. The van der Waals surface area contributed by atoms with Crippen LogP contribution in [0.4, 0.5) is 4.39 Å². The van der Waals surface area contributed by atoms with Crippen LogP contribution in [0.3, 0.4) is 0 Å². The maximum Gasteiger partial charge on any atom is 0.124 e. The molecule has 0 amide bonds. The minimum Gasteiger partial charge on any atom is -0.271 e. The number of benzene rings is 2. The molecule has 0 saturated carbocycles. The summed E-state index contributed by atoms with van der Waals surface area (Å²) in [6.07, 6.45) is 0. The molecule has 0 aliphatic carbocycles. The molecule has 0 radical (unpaired) electrons. The minimum absolute atomic E-state index is 0.148. The molecule has 1 atom stereocenters. The van der Waals surface area contributed by atoms with Crippen molar-refractivity contribution in [2.75, 3.05) is 0 Å². The predicted octanol–water partition coefficient (Wildman–Crippen LogP) is 4.20. The third-order valence-electron chi connectivity index (χ3n) is 3.26. The van der Waals surface area contributed by atoms with Crippen LogP contribution >= 0.6 is 33.9 Å². The van der Waals surface area contributed by atoms with Crippen LogP contribution in [0.25, 0.3) is 10.1 Å². The van der Waals surface area contributed by atoms with Gasteiger partial charge in [0.05, 0.1) is 6.04 Å². The molecule has 102 valence electrons. The zero-order chi connectivity index (χ0) is 14.1. The number of halogens is 2. The first-order chi connectivity index (χ1) is 9.70. The van der Waals surface area contributed by atoms with E-state index in [4.69, 9.17) is 5.84 Å². The van der Waals surface area contributed by atoms with Crippen molar-refractivity contribution < 1.29 is 4.39 Å². The van der Waals surface area contributed by atoms with E-state index < -0.39 is 0 Å². The summed E-state index contributed by atoms with van der Waals surface area (Å²) in [5, 5.41) is 3.27. The summed E-state index contributed by atoms with van der Waals surface area (Å²) >= 11 is 3.83. The Morgan fingerprint density at radius 2 is 2.00 bits per heavy atom. The number of fused-ring (bicyclic) bond motifs is 1. The van der Waals surface area contributed by atoms with Crippen LogP contribution in [0, 0.1) is 9.39 Å². The Labute approximate surface area is 133 Å². The zero-order valence-electron chi connectivity index (χ0n) is 10.4. The van der Waals surface area contributed by atoms with Gasteiger partial charge in [-0.15, -0.1) is 11.3 Å². The second-order valence-corrected chi connectivity index (χ2v) is 6.53. The number of nitrogens with one attached hydrogen (secondary N) is 1. The van der Waals surface area contributed by atoms with E-state index in [1.54, 1.807) is 17.4 Å². The van der Waals surface area contributed by atoms with Crippen molar-refractivity contribution in [1.29, 1.82) is 0 Å². The van der Waals surface area contributed by atoms with E-state index in [2.05, 4.69) is 51.6 Å². The van der Waals surface area contributed by atoms with E-state index in [0.717, 1.165) is 14.7 Å². The van der Waals surface area contributed by atoms with Crippen LogP contribution in [0.2, 0.25) is 0 Å². The summed E-state index contributed by atoms with van der Waals surface area (Å²) in [6, 6.07) is 12.9. The molecule has 1 aromatic heterocycles. The summed E-state index contributed by atoms with van der Waals surface area (Å²) in [5.74, 6) is 5.53. The van der Waals surface area contributed by atoms with Crippen molar-refractivity contribution in [1.82, 2.24) is 5.43 Å². The number of thiophene rings is 1. The lowest BCUT2D eigenvalue weighted by atomic mass is 9.98. The topological polar surface area (TPSA) is 38.0 Å². The third kappa shape index (κ3) is 2.46. The van der Waals surface area contributed by atoms with Gasteiger partial charge in [-0.3, -0.25) is 5.84 Å². The average molecular weight is 398 g/mol. The molecule has 1 heterocycles. The Kier molecular flexibility index (Phi) is 4.02. The Hall–Kier alpha value is -1.02. The van der Waals surface area contributed by atoms with Gasteiger partial charge >= 0.3 is 0 Å². The van der Waals surface area contributed by atoms with E-state index in [1.165, 1.54) is 22.2 Å². The maximum atomic E-state index is 13.3. The van der Waals surface area contributed by atoms with Crippen LogP contribution in [-0.2, 0) is 0 Å². The quantitative estimate of drug-likeness (QED) is 0.394. The summed E-state index contributed by atoms with van der Waals surface area (Å²) in [5.41, 5.74) is 4.95. The molecule has 0 aliphatic rings. The van der Waals surface area contributed by atoms with Gasteiger partial charge in [0.1, 0.15) is 5.82 Å². The van der Waals surface area contributed by atoms with Gasteiger partial charge in [-0.25, -0.2) is 9.82 Å². The highest BCUT2D eigenvalue weighted by molar-refractivity contribution is 14.1. The molecule has 0 aliphatic heterocycles. The van der Waals surface area contributed by atoms with E-state index >= 15 is 0 Å². The van der Waals surface area contributed by atoms with E-state index in [9.17, 15) is 4.39 Å². The van der Waals surface area contributed by atoms with Crippen LogP contribution in [0.15, 0.2) is 47.8 Å². The first kappa shape index (κ1) is 13.9. The zero-order valence-corrected chi connectivity index (χ0v) is 13.4. The van der Waals surface area contributed by atoms with Gasteiger partial charge in [0.2, 0.25) is 0 Å². The minimum atomic E-state index is -0.233. The number of rotatable bonds is 3. The molecular weight excluding hydrogens is 386 g/mol. The smallest absolute Gasteiger partial charge is 0.124 e. The van der Waals surface area contributed by atoms with Gasteiger partial charge in [-0.05, 0) is 62.7 Å². The standard InChI is InChI=1S/C15H12FIN2S/c16-10-4-5-11(13(17)8-10)14(19-18)12-3-1-2-9-6-7-20-15(9)12/h1-8,14,19H,18H2. The normalized spacial score (nSPS) is 12.8. The first-order valence-electron chi connectivity index (χ1n) is 6.08. The summed E-state index contributed by atoms with van der Waals surface area (Å²) in [6.45, 7) is 0. The van der Waals surface area contributed by atoms with E-state index in [0.29, 0.717) is 0 Å². The second kappa shape index (κ2) is 5.77. The van der Waals surface area contributed by atoms with Gasteiger partial charge in [0, 0.05) is 8.27 Å². The SMILES string of the molecule is NNC(c1ccc(F)cc1I)c1cccc2ccsc12. The number of hydrogen-bond acceptors (Lipinski definition) is 3. The van der Waals surface area contributed by atoms with Crippen LogP contribution in [-0.4, -0.2) is 0 Å². The molecule has 5 heteroatoms. The fourth-order valence-electron chi connectivity index (χ4n) is 2.33. The molecule has 2 aromatic carbocycles. The fourth-order valence-corrected chi connectivity index (χ4v) is 4.06. The molecule has 1 unspecified atom stereocenters. The van der Waals surface area contributed by atoms with E-state index in [-0.39, 0.29) is 11.9 Å². The van der Waals surface area contributed by atoms with Crippen molar-refractivity contribution in [3.05, 3.63) is 68.4 Å². The lowest BCUT2D eigenvalue weighted by Crippen LogP contribution is -2.29. The molecular formula is C15H12FIN2S. The number of nitrogens with two attached hydrogens (primary N) is 1. The molecule has 0 spiro atoms. The number of hydrogen-bond donors (Lipinski definition) is 2. The van der Waals surface area contributed by atoms with Crippen molar-refractivity contribution >= 4 is 44.0 Å². The average Bonchev–Trinajstić information content (AvgIpc) is 2.91. The maximum absolute atomic E-state index is 13.3. The molecule has 3 aromatic rings. The van der Waals surface area contributed by atoms with Crippen LogP contribution in [0.1, 0.15) is 17.2 Å². The summed E-state index contributed by atoms with van der Waals surface area (Å²) in [7, 11) is 0. The predicted molar refractivity (Wildman–Crippen MR) is 90.1 cm³/mol. The van der Waals surface area contributed by atoms with Crippen molar-refractivity contribution in [2.24, 2.45) is 5.84 Å². The second-order valence-electron chi connectivity index (χ2n) is 4.45. The van der Waals surface area contributed by atoms with Gasteiger partial charge in [-0.2, -0.15) is 0 Å². The largest absolute Gasteiger partial charge is 0.271 e. The third-order valence-corrected chi connectivity index (χ3v) is 5.17. The Balaban J connectivity index is 2.16. The van der Waals surface area contributed by atoms with Crippen LogP contribution in [0.5, 0.6) is 0 Å². The Bertz CT molecular complexity index is 756. The van der Waals surface area contributed by atoms with E-state index in [1.807, 2.05) is 6.07 Å². The van der Waals surface area contributed by atoms with Gasteiger partial charge in [-0.1, -0.05) is 24.3 Å². The lowest BCUT2D eigenvalue weighted by molar-refractivity contribution is 0.614. The monoisotopic (exact) mass is 398 g/mol. The molecule has 2 nitrogen and oxygen atoms in total.